The average molecular weight is 238 g/mol. The topological polar surface area (TPSA) is 58.7 Å². The van der Waals surface area contributed by atoms with Crippen LogP contribution in [0.25, 0.3) is 0 Å². The summed E-state index contributed by atoms with van der Waals surface area (Å²) in [5.41, 5.74) is 9.09. The largest absolute Gasteiger partial charge is 0.389 e. The monoisotopic (exact) mass is 238 g/mol. The lowest BCUT2D eigenvalue weighted by atomic mass is 10.1. The van der Waals surface area contributed by atoms with Gasteiger partial charge < -0.3 is 20.5 Å². The van der Waals surface area contributed by atoms with Gasteiger partial charge in [-0.1, -0.05) is 17.7 Å². The molecule has 0 aromatic heterocycles. The number of ether oxygens (including phenoxy) is 1. The standard InChI is InChI=1S/C13H22N2O2/c1-10-4-5-13(11(6-10)7-14)15(2)8-12(16)9-17-3/h4-6,12,16H,7-9,14H2,1-3H3. The number of hydrogen-bond donors (Lipinski definition) is 2. The molecule has 0 heterocycles. The van der Waals surface area contributed by atoms with Gasteiger partial charge in [0.15, 0.2) is 0 Å². The molecule has 17 heavy (non-hydrogen) atoms. The van der Waals surface area contributed by atoms with E-state index in [0.717, 1.165) is 11.3 Å². The maximum Gasteiger partial charge on any atom is 0.0947 e. The zero-order valence-corrected chi connectivity index (χ0v) is 10.8. The lowest BCUT2D eigenvalue weighted by Crippen LogP contribution is -2.32. The minimum absolute atomic E-state index is 0.341. The van der Waals surface area contributed by atoms with Crippen LogP contribution in [0.2, 0.25) is 0 Å². The Bertz CT molecular complexity index is 355. The summed E-state index contributed by atoms with van der Waals surface area (Å²) >= 11 is 0. The molecule has 1 aromatic carbocycles. The third-order valence-electron chi connectivity index (χ3n) is 2.71. The minimum Gasteiger partial charge on any atom is -0.389 e. The van der Waals surface area contributed by atoms with Crippen LogP contribution in [-0.4, -0.2) is 38.5 Å². The Morgan fingerprint density at radius 2 is 2.18 bits per heavy atom. The van der Waals surface area contributed by atoms with Gasteiger partial charge in [-0.3, -0.25) is 0 Å². The van der Waals surface area contributed by atoms with Gasteiger partial charge >= 0.3 is 0 Å². The molecule has 0 aliphatic carbocycles. The molecule has 0 radical (unpaired) electrons. The average Bonchev–Trinajstić information content (AvgIpc) is 2.28. The molecule has 3 N–H and O–H groups in total. The first-order valence-electron chi connectivity index (χ1n) is 5.76. The predicted octanol–water partition coefficient (Wildman–Crippen LogP) is 0.897. The number of rotatable bonds is 6. The van der Waals surface area contributed by atoms with E-state index in [4.69, 9.17) is 10.5 Å². The zero-order chi connectivity index (χ0) is 12.8. The second-order valence-corrected chi connectivity index (χ2v) is 4.33. The molecular formula is C13H22N2O2. The number of aryl methyl sites for hydroxylation is 1. The summed E-state index contributed by atoms with van der Waals surface area (Å²) in [6.45, 7) is 3.42. The van der Waals surface area contributed by atoms with Crippen molar-refractivity contribution in [1.29, 1.82) is 0 Å². The molecule has 96 valence electrons. The Hall–Kier alpha value is -1.10. The molecule has 0 fully saturated rings. The summed E-state index contributed by atoms with van der Waals surface area (Å²) in [5, 5.41) is 9.70. The predicted molar refractivity (Wildman–Crippen MR) is 70.2 cm³/mol. The Labute approximate surface area is 103 Å². The van der Waals surface area contributed by atoms with Crippen molar-refractivity contribution in [2.75, 3.05) is 32.2 Å². The van der Waals surface area contributed by atoms with Gasteiger partial charge in [-0.2, -0.15) is 0 Å². The smallest absolute Gasteiger partial charge is 0.0947 e. The zero-order valence-electron chi connectivity index (χ0n) is 10.8. The molecule has 0 spiro atoms. The van der Waals surface area contributed by atoms with Crippen LogP contribution in [0.5, 0.6) is 0 Å². The third-order valence-corrected chi connectivity index (χ3v) is 2.71. The molecule has 4 nitrogen and oxygen atoms in total. The quantitative estimate of drug-likeness (QED) is 0.773. The summed E-state index contributed by atoms with van der Waals surface area (Å²) in [5.74, 6) is 0. The number of aliphatic hydroxyl groups excluding tert-OH is 1. The van der Waals surface area contributed by atoms with E-state index in [1.54, 1.807) is 7.11 Å². The van der Waals surface area contributed by atoms with Gasteiger partial charge in [0.25, 0.3) is 0 Å². The number of benzene rings is 1. The maximum absolute atomic E-state index is 9.70. The SMILES string of the molecule is COCC(O)CN(C)c1ccc(C)cc1CN. The van der Waals surface area contributed by atoms with Gasteiger partial charge in [0.05, 0.1) is 12.7 Å². The fourth-order valence-electron chi connectivity index (χ4n) is 1.91. The molecule has 1 rings (SSSR count). The van der Waals surface area contributed by atoms with E-state index < -0.39 is 6.10 Å². The minimum atomic E-state index is -0.489. The molecular weight excluding hydrogens is 216 g/mol. The van der Waals surface area contributed by atoms with Crippen LogP contribution in [0.15, 0.2) is 18.2 Å². The lowest BCUT2D eigenvalue weighted by Gasteiger charge is -2.25. The first-order chi connectivity index (χ1) is 8.08. The highest BCUT2D eigenvalue weighted by Crippen LogP contribution is 2.20. The van der Waals surface area contributed by atoms with Gasteiger partial charge in [-0.25, -0.2) is 0 Å². The van der Waals surface area contributed by atoms with E-state index in [-0.39, 0.29) is 0 Å². The van der Waals surface area contributed by atoms with Crippen molar-refractivity contribution in [3.8, 4) is 0 Å². The molecule has 1 unspecified atom stereocenters. The number of anilines is 1. The van der Waals surface area contributed by atoms with E-state index >= 15 is 0 Å². The van der Waals surface area contributed by atoms with Crippen LogP contribution >= 0.6 is 0 Å². The highest BCUT2D eigenvalue weighted by molar-refractivity contribution is 5.54. The van der Waals surface area contributed by atoms with Crippen molar-refractivity contribution in [3.05, 3.63) is 29.3 Å². The van der Waals surface area contributed by atoms with Crippen molar-refractivity contribution in [1.82, 2.24) is 0 Å². The van der Waals surface area contributed by atoms with Gasteiger partial charge in [-0.05, 0) is 18.6 Å². The molecule has 4 heteroatoms. The number of nitrogens with zero attached hydrogens (tertiary/aromatic N) is 1. The fraction of sp³-hybridized carbons (Fsp3) is 0.538. The number of aliphatic hydroxyl groups is 1. The van der Waals surface area contributed by atoms with E-state index in [1.807, 2.05) is 31.0 Å². The molecule has 0 aliphatic rings. The Kier molecular flexibility index (Phi) is 5.41. The van der Waals surface area contributed by atoms with Gasteiger partial charge in [-0.15, -0.1) is 0 Å². The molecule has 0 amide bonds. The Balaban J connectivity index is 2.77. The first kappa shape index (κ1) is 14.0. The summed E-state index contributed by atoms with van der Waals surface area (Å²) in [4.78, 5) is 2.01. The van der Waals surface area contributed by atoms with Crippen LogP contribution in [0, 0.1) is 6.92 Å². The van der Waals surface area contributed by atoms with Crippen molar-refractivity contribution < 1.29 is 9.84 Å². The number of likely N-dealkylation sites (N-methyl/N-ethyl adjacent to an activating group) is 1. The highest BCUT2D eigenvalue weighted by atomic mass is 16.5. The molecule has 1 atom stereocenters. The van der Waals surface area contributed by atoms with Gasteiger partial charge in [0.2, 0.25) is 0 Å². The molecule has 0 saturated carbocycles. The Morgan fingerprint density at radius 1 is 1.47 bits per heavy atom. The lowest BCUT2D eigenvalue weighted by molar-refractivity contribution is 0.0695. The number of hydrogen-bond acceptors (Lipinski definition) is 4. The van der Waals surface area contributed by atoms with Gasteiger partial charge in [0, 0.05) is 32.9 Å². The van der Waals surface area contributed by atoms with Crippen LogP contribution < -0.4 is 10.6 Å². The Morgan fingerprint density at radius 3 is 2.76 bits per heavy atom. The van der Waals surface area contributed by atoms with Crippen LogP contribution in [-0.2, 0) is 11.3 Å². The number of nitrogens with two attached hydrogens (primary N) is 1. The molecule has 1 aromatic rings. The second-order valence-electron chi connectivity index (χ2n) is 4.33. The van der Waals surface area contributed by atoms with Gasteiger partial charge in [0.1, 0.15) is 0 Å². The van der Waals surface area contributed by atoms with Crippen molar-refractivity contribution in [2.45, 2.75) is 19.6 Å². The van der Waals surface area contributed by atoms with Crippen molar-refractivity contribution in [2.24, 2.45) is 5.73 Å². The summed E-state index contributed by atoms with van der Waals surface area (Å²) in [6, 6.07) is 6.17. The van der Waals surface area contributed by atoms with E-state index in [2.05, 4.69) is 6.07 Å². The van der Waals surface area contributed by atoms with Crippen molar-refractivity contribution in [3.63, 3.8) is 0 Å². The normalized spacial score (nSPS) is 12.5. The number of methoxy groups -OCH3 is 1. The summed E-state index contributed by atoms with van der Waals surface area (Å²) < 4.78 is 4.91. The van der Waals surface area contributed by atoms with Crippen LogP contribution in [0.1, 0.15) is 11.1 Å². The van der Waals surface area contributed by atoms with Crippen molar-refractivity contribution >= 4 is 5.69 Å². The highest BCUT2D eigenvalue weighted by Gasteiger charge is 2.11. The summed E-state index contributed by atoms with van der Waals surface area (Å²) in [7, 11) is 3.53. The van der Waals surface area contributed by atoms with E-state index in [1.165, 1.54) is 5.56 Å². The molecule has 0 bridgehead atoms. The van der Waals surface area contributed by atoms with E-state index in [0.29, 0.717) is 19.7 Å². The molecule has 0 saturated heterocycles. The third kappa shape index (κ3) is 4.00. The summed E-state index contributed by atoms with van der Waals surface area (Å²) in [6.07, 6.45) is -0.489. The molecule has 0 aliphatic heterocycles. The first-order valence-corrected chi connectivity index (χ1v) is 5.76. The second kappa shape index (κ2) is 6.59. The van der Waals surface area contributed by atoms with E-state index in [9.17, 15) is 5.11 Å². The van der Waals surface area contributed by atoms with Crippen LogP contribution in [0.4, 0.5) is 5.69 Å². The van der Waals surface area contributed by atoms with Crippen LogP contribution in [0.3, 0.4) is 0 Å². The maximum atomic E-state index is 9.70. The fourth-order valence-corrected chi connectivity index (χ4v) is 1.91.